The molecule has 4 heteroatoms. The summed E-state index contributed by atoms with van der Waals surface area (Å²) in [6, 6.07) is 8.35. The summed E-state index contributed by atoms with van der Waals surface area (Å²) in [6.07, 6.45) is 11.7. The SMILES string of the molecule is C=C(C)C1CCC2(C(=O)OC)CCC3(C)C(CCC4C5(C)CC(=Cc6ccc(Br)cc6)C(=O)C(C)(C)C5CCC43C)C12. The Morgan fingerprint density at radius 2 is 1.62 bits per heavy atom. The normalized spacial score (nSPS) is 44.9. The number of hydrogen-bond donors (Lipinski definition) is 0. The maximum absolute atomic E-state index is 14.1. The van der Waals surface area contributed by atoms with Crippen molar-refractivity contribution in [3.63, 3.8) is 0 Å². The molecule has 5 fully saturated rings. The molecule has 0 N–H and O–H groups in total. The Labute approximate surface area is 262 Å². The van der Waals surface area contributed by atoms with Crippen LogP contribution in [-0.2, 0) is 14.3 Å². The minimum absolute atomic E-state index is 0.0245. The lowest BCUT2D eigenvalue weighted by atomic mass is 9.32. The van der Waals surface area contributed by atoms with Crippen molar-refractivity contribution in [2.24, 2.45) is 56.7 Å². The Morgan fingerprint density at radius 1 is 0.929 bits per heavy atom. The minimum atomic E-state index is -0.379. The summed E-state index contributed by atoms with van der Waals surface area (Å²) in [7, 11) is 1.59. The molecule has 9 unspecified atom stereocenters. The summed E-state index contributed by atoms with van der Waals surface area (Å²) >= 11 is 3.56. The molecule has 0 aliphatic heterocycles. The van der Waals surface area contributed by atoms with Crippen molar-refractivity contribution in [3.8, 4) is 0 Å². The number of methoxy groups -OCH3 is 1. The number of ether oxygens (including phenoxy) is 1. The molecule has 228 valence electrons. The molecule has 0 aromatic heterocycles. The quantitative estimate of drug-likeness (QED) is 0.189. The second-order valence-corrected chi connectivity index (χ2v) is 17.2. The lowest BCUT2D eigenvalue weighted by molar-refractivity contribution is -0.232. The van der Waals surface area contributed by atoms with E-state index in [4.69, 9.17) is 4.74 Å². The van der Waals surface area contributed by atoms with Crippen molar-refractivity contribution in [1.82, 2.24) is 0 Å². The molecule has 0 radical (unpaired) electrons. The number of hydrogen-bond acceptors (Lipinski definition) is 3. The topological polar surface area (TPSA) is 43.4 Å². The molecule has 5 aliphatic rings. The summed E-state index contributed by atoms with van der Waals surface area (Å²) in [5, 5.41) is 0. The lowest BCUT2D eigenvalue weighted by Gasteiger charge is -2.72. The van der Waals surface area contributed by atoms with Crippen LogP contribution in [0.15, 0.2) is 46.5 Å². The molecule has 5 saturated carbocycles. The van der Waals surface area contributed by atoms with Crippen molar-refractivity contribution >= 4 is 33.8 Å². The van der Waals surface area contributed by atoms with Crippen LogP contribution in [0.4, 0.5) is 0 Å². The van der Waals surface area contributed by atoms with Crippen molar-refractivity contribution < 1.29 is 14.3 Å². The molecule has 9 atom stereocenters. The predicted octanol–water partition coefficient (Wildman–Crippen LogP) is 9.84. The van der Waals surface area contributed by atoms with Gasteiger partial charge in [-0.05, 0) is 140 Å². The van der Waals surface area contributed by atoms with Gasteiger partial charge in [0.25, 0.3) is 0 Å². The van der Waals surface area contributed by atoms with Crippen molar-refractivity contribution in [2.75, 3.05) is 7.11 Å². The van der Waals surface area contributed by atoms with Gasteiger partial charge in [0.2, 0.25) is 0 Å². The van der Waals surface area contributed by atoms with Crippen LogP contribution >= 0.6 is 15.9 Å². The van der Waals surface area contributed by atoms with Crippen molar-refractivity contribution in [2.45, 2.75) is 99.3 Å². The van der Waals surface area contributed by atoms with E-state index in [0.29, 0.717) is 35.4 Å². The van der Waals surface area contributed by atoms with Gasteiger partial charge in [-0.15, -0.1) is 0 Å². The summed E-state index contributed by atoms with van der Waals surface area (Å²) < 4.78 is 6.60. The van der Waals surface area contributed by atoms with Crippen LogP contribution < -0.4 is 0 Å². The molecule has 0 saturated heterocycles. The van der Waals surface area contributed by atoms with Gasteiger partial charge in [-0.1, -0.05) is 74.8 Å². The molecule has 0 heterocycles. The highest BCUT2D eigenvalue weighted by molar-refractivity contribution is 9.10. The third-order valence-corrected chi connectivity index (χ3v) is 15.0. The van der Waals surface area contributed by atoms with Crippen LogP contribution in [0.1, 0.15) is 105 Å². The Bertz CT molecular complexity index is 1340. The Balaban J connectivity index is 1.41. The fourth-order valence-corrected chi connectivity index (χ4v) is 12.7. The molecule has 1 aromatic carbocycles. The first kappa shape index (κ1) is 30.4. The van der Waals surface area contributed by atoms with Gasteiger partial charge < -0.3 is 4.74 Å². The number of halogens is 1. The van der Waals surface area contributed by atoms with E-state index in [0.717, 1.165) is 60.6 Å². The molecule has 0 amide bonds. The van der Waals surface area contributed by atoms with E-state index >= 15 is 0 Å². The molecule has 1 aromatic rings. The summed E-state index contributed by atoms with van der Waals surface area (Å²) in [6.45, 7) is 18.8. The predicted molar refractivity (Wildman–Crippen MR) is 173 cm³/mol. The van der Waals surface area contributed by atoms with Gasteiger partial charge in [-0.3, -0.25) is 9.59 Å². The monoisotopic (exact) mass is 634 g/mol. The number of ketones is 1. The molecular formula is C38H51BrO3. The third-order valence-electron chi connectivity index (χ3n) is 14.5. The van der Waals surface area contributed by atoms with Gasteiger partial charge in [0.15, 0.2) is 5.78 Å². The molecule has 5 aliphatic carbocycles. The van der Waals surface area contributed by atoms with E-state index < -0.39 is 0 Å². The fourth-order valence-electron chi connectivity index (χ4n) is 12.4. The maximum atomic E-state index is 14.1. The van der Waals surface area contributed by atoms with E-state index in [1.54, 1.807) is 7.11 Å². The molecule has 0 bridgehead atoms. The fraction of sp³-hybridized carbons (Fsp3) is 0.684. The molecule has 6 rings (SSSR count). The zero-order valence-corrected chi connectivity index (χ0v) is 28.5. The Hall–Kier alpha value is -1.68. The number of esters is 1. The van der Waals surface area contributed by atoms with Gasteiger partial charge in [-0.25, -0.2) is 0 Å². The maximum Gasteiger partial charge on any atom is 0.312 e. The zero-order valence-electron chi connectivity index (χ0n) is 26.9. The van der Waals surface area contributed by atoms with E-state index in [2.05, 4.69) is 94.4 Å². The summed E-state index contributed by atoms with van der Waals surface area (Å²) in [4.78, 5) is 27.6. The lowest BCUT2D eigenvalue weighted by Crippen LogP contribution is -2.67. The number of benzene rings is 1. The zero-order chi connectivity index (χ0) is 30.5. The van der Waals surface area contributed by atoms with Crippen LogP contribution in [0.5, 0.6) is 0 Å². The van der Waals surface area contributed by atoms with Gasteiger partial charge in [0.1, 0.15) is 0 Å². The van der Waals surface area contributed by atoms with E-state index in [1.165, 1.54) is 18.4 Å². The third kappa shape index (κ3) is 3.94. The van der Waals surface area contributed by atoms with Crippen LogP contribution in [-0.4, -0.2) is 18.9 Å². The number of carbonyl (C=O) groups excluding carboxylic acids is 2. The Kier molecular flexibility index (Phi) is 7.16. The Morgan fingerprint density at radius 3 is 2.26 bits per heavy atom. The van der Waals surface area contributed by atoms with Gasteiger partial charge in [-0.2, -0.15) is 0 Å². The standard InChI is InChI=1S/C38H51BrO3/c1-23(2)27-15-18-38(33(41)42-8)20-19-36(6)28(31(27)38)13-14-30-35(5)22-25(21-24-9-11-26(39)12-10-24)32(40)34(3,4)29(35)16-17-37(30,36)7/h9-12,21,27-31H,1,13-20,22H2,2-8H3. The van der Waals surface area contributed by atoms with E-state index in [-0.39, 0.29) is 33.0 Å². The first-order valence-electron chi connectivity index (χ1n) is 16.4. The first-order chi connectivity index (χ1) is 19.7. The molecule has 3 nitrogen and oxygen atoms in total. The van der Waals surface area contributed by atoms with E-state index in [1.807, 2.05) is 0 Å². The highest BCUT2D eigenvalue weighted by atomic mass is 79.9. The number of carbonyl (C=O) groups is 2. The molecule has 0 spiro atoms. The second-order valence-electron chi connectivity index (χ2n) is 16.3. The highest BCUT2D eigenvalue weighted by Gasteiger charge is 2.72. The largest absolute Gasteiger partial charge is 0.469 e. The number of fused-ring (bicyclic) bond motifs is 7. The number of rotatable bonds is 3. The summed E-state index contributed by atoms with van der Waals surface area (Å²) in [5.41, 5.74) is 2.98. The average molecular weight is 636 g/mol. The highest BCUT2D eigenvalue weighted by Crippen LogP contribution is 2.77. The number of allylic oxidation sites excluding steroid dienone is 2. The van der Waals surface area contributed by atoms with Gasteiger partial charge in [0, 0.05) is 9.89 Å². The van der Waals surface area contributed by atoms with Crippen LogP contribution in [0.2, 0.25) is 0 Å². The summed E-state index contributed by atoms with van der Waals surface area (Å²) in [5.74, 6) is 2.50. The van der Waals surface area contributed by atoms with Crippen molar-refractivity contribution in [3.05, 3.63) is 52.0 Å². The van der Waals surface area contributed by atoms with E-state index in [9.17, 15) is 9.59 Å². The van der Waals surface area contributed by atoms with Crippen LogP contribution in [0.3, 0.4) is 0 Å². The molecular weight excluding hydrogens is 584 g/mol. The molecule has 42 heavy (non-hydrogen) atoms. The van der Waals surface area contributed by atoms with Crippen molar-refractivity contribution in [1.29, 1.82) is 0 Å². The van der Waals surface area contributed by atoms with Gasteiger partial charge in [0.05, 0.1) is 12.5 Å². The first-order valence-corrected chi connectivity index (χ1v) is 17.2. The van der Waals surface area contributed by atoms with Gasteiger partial charge >= 0.3 is 5.97 Å². The van der Waals surface area contributed by atoms with Crippen LogP contribution in [0.25, 0.3) is 6.08 Å². The average Bonchev–Trinajstić information content (AvgIpc) is 3.34. The minimum Gasteiger partial charge on any atom is -0.469 e. The smallest absolute Gasteiger partial charge is 0.312 e. The van der Waals surface area contributed by atoms with Crippen LogP contribution in [0, 0.1) is 56.7 Å². The number of Topliss-reactive ketones (excluding diaryl/α,β-unsaturated/α-hetero) is 1. The second kappa shape index (κ2) is 9.91.